The highest BCUT2D eigenvalue weighted by Gasteiger charge is 2.23. The van der Waals surface area contributed by atoms with Crippen LogP contribution < -0.4 is 10.9 Å². The van der Waals surface area contributed by atoms with Crippen LogP contribution in [0.4, 0.5) is 10.3 Å². The molecule has 0 fully saturated rings. The highest BCUT2D eigenvalue weighted by Crippen LogP contribution is 2.30. The molecule has 1 N–H and O–H groups in total. The highest BCUT2D eigenvalue weighted by molar-refractivity contribution is 5.79. The Labute approximate surface area is 186 Å². The van der Waals surface area contributed by atoms with Crippen LogP contribution in [0.5, 0.6) is 0 Å². The largest absolute Gasteiger partial charge is 0.348 e. The van der Waals surface area contributed by atoms with Gasteiger partial charge in [-0.2, -0.15) is 0 Å². The lowest BCUT2D eigenvalue weighted by Gasteiger charge is -2.16. The standard InChI is InChI=1S/C25H26FN5O/c1-4-30-23(22(24(32)31(30)5-2)19-11-13-20(26)14-12-19)21-15-16-27-25(29-21)28-17(3)18-9-7-6-8-10-18/h6-17H,4-5H2,1-3H3,(H,27,28,29). The lowest BCUT2D eigenvalue weighted by molar-refractivity contribution is 0.481. The quantitative estimate of drug-likeness (QED) is 0.441. The lowest BCUT2D eigenvalue weighted by atomic mass is 10.0. The van der Waals surface area contributed by atoms with Gasteiger partial charge in [0.1, 0.15) is 5.82 Å². The summed E-state index contributed by atoms with van der Waals surface area (Å²) in [5.41, 5.74) is 3.50. The summed E-state index contributed by atoms with van der Waals surface area (Å²) < 4.78 is 17.2. The lowest BCUT2D eigenvalue weighted by Crippen LogP contribution is -2.22. The van der Waals surface area contributed by atoms with E-state index in [0.717, 1.165) is 5.56 Å². The summed E-state index contributed by atoms with van der Waals surface area (Å²) in [5.74, 6) is 0.132. The van der Waals surface area contributed by atoms with Crippen molar-refractivity contribution in [2.45, 2.75) is 39.9 Å². The van der Waals surface area contributed by atoms with E-state index < -0.39 is 0 Å². The van der Waals surface area contributed by atoms with Gasteiger partial charge in [-0.25, -0.2) is 19.0 Å². The second-order valence-corrected chi connectivity index (χ2v) is 7.51. The van der Waals surface area contributed by atoms with Crippen LogP contribution in [0.3, 0.4) is 0 Å². The third-order valence-electron chi connectivity index (χ3n) is 5.51. The van der Waals surface area contributed by atoms with E-state index in [2.05, 4.69) is 10.3 Å². The Balaban J connectivity index is 1.82. The van der Waals surface area contributed by atoms with Crippen LogP contribution >= 0.6 is 0 Å². The van der Waals surface area contributed by atoms with Gasteiger partial charge in [0.05, 0.1) is 23.0 Å². The van der Waals surface area contributed by atoms with Crippen LogP contribution in [0, 0.1) is 5.82 Å². The number of aromatic nitrogens is 4. The molecule has 1 atom stereocenters. The topological polar surface area (TPSA) is 64.7 Å². The summed E-state index contributed by atoms with van der Waals surface area (Å²) in [6, 6.07) is 17.9. The fraction of sp³-hybridized carbons (Fsp3) is 0.240. The number of anilines is 1. The van der Waals surface area contributed by atoms with Gasteiger partial charge in [-0.3, -0.25) is 9.48 Å². The average Bonchev–Trinajstić information content (AvgIpc) is 3.11. The zero-order valence-corrected chi connectivity index (χ0v) is 18.4. The van der Waals surface area contributed by atoms with Crippen molar-refractivity contribution in [2.75, 3.05) is 5.32 Å². The van der Waals surface area contributed by atoms with Crippen LogP contribution in [0.2, 0.25) is 0 Å². The molecule has 2 aromatic heterocycles. The number of nitrogens with one attached hydrogen (secondary N) is 1. The van der Waals surface area contributed by atoms with Gasteiger partial charge in [0.15, 0.2) is 0 Å². The molecule has 0 aliphatic rings. The van der Waals surface area contributed by atoms with Gasteiger partial charge in [0.2, 0.25) is 5.95 Å². The maximum absolute atomic E-state index is 13.5. The van der Waals surface area contributed by atoms with Gasteiger partial charge in [-0.05, 0) is 50.1 Å². The first-order valence-corrected chi connectivity index (χ1v) is 10.8. The maximum atomic E-state index is 13.5. The molecule has 0 aliphatic heterocycles. The number of benzene rings is 2. The fourth-order valence-electron chi connectivity index (χ4n) is 3.95. The second-order valence-electron chi connectivity index (χ2n) is 7.51. The minimum Gasteiger partial charge on any atom is -0.348 e. The minimum absolute atomic E-state index is 0.0108. The van der Waals surface area contributed by atoms with Gasteiger partial charge in [0, 0.05) is 19.3 Å². The first-order chi connectivity index (χ1) is 15.5. The predicted molar refractivity (Wildman–Crippen MR) is 125 cm³/mol. The third kappa shape index (κ3) is 4.06. The van der Waals surface area contributed by atoms with Crippen molar-refractivity contribution >= 4 is 5.95 Å². The van der Waals surface area contributed by atoms with Crippen LogP contribution in [0.25, 0.3) is 22.5 Å². The van der Waals surface area contributed by atoms with E-state index >= 15 is 0 Å². The molecule has 0 spiro atoms. The van der Waals surface area contributed by atoms with Crippen molar-refractivity contribution in [2.24, 2.45) is 0 Å². The summed E-state index contributed by atoms with van der Waals surface area (Å²) in [6.45, 7) is 7.07. The van der Waals surface area contributed by atoms with Crippen molar-refractivity contribution in [3.63, 3.8) is 0 Å². The van der Waals surface area contributed by atoms with Crippen LogP contribution in [-0.4, -0.2) is 19.3 Å². The van der Waals surface area contributed by atoms with Gasteiger partial charge >= 0.3 is 0 Å². The van der Waals surface area contributed by atoms with Crippen molar-refractivity contribution in [1.29, 1.82) is 0 Å². The minimum atomic E-state index is -0.343. The molecule has 164 valence electrons. The molecule has 7 heteroatoms. The summed E-state index contributed by atoms with van der Waals surface area (Å²) in [4.78, 5) is 22.4. The molecule has 0 saturated carbocycles. The summed E-state index contributed by atoms with van der Waals surface area (Å²) in [5, 5.41) is 3.34. The average molecular weight is 432 g/mol. The molecule has 0 amide bonds. The smallest absolute Gasteiger partial charge is 0.275 e. The van der Waals surface area contributed by atoms with Crippen LogP contribution in [0.1, 0.15) is 32.4 Å². The van der Waals surface area contributed by atoms with E-state index in [1.54, 1.807) is 29.1 Å². The SMILES string of the molecule is CCn1c(-c2ccnc(NC(C)c3ccccc3)n2)c(-c2ccc(F)cc2)c(=O)n1CC. The molecule has 0 saturated heterocycles. The van der Waals surface area contributed by atoms with E-state index in [-0.39, 0.29) is 17.4 Å². The highest BCUT2D eigenvalue weighted by atomic mass is 19.1. The number of hydrogen-bond donors (Lipinski definition) is 1. The fourth-order valence-corrected chi connectivity index (χ4v) is 3.95. The molecule has 0 aliphatic carbocycles. The van der Waals surface area contributed by atoms with Gasteiger partial charge < -0.3 is 5.32 Å². The molecule has 1 unspecified atom stereocenters. The predicted octanol–water partition coefficient (Wildman–Crippen LogP) is 5.13. The Morgan fingerprint density at radius 2 is 1.66 bits per heavy atom. The Hall–Kier alpha value is -3.74. The molecular weight excluding hydrogens is 405 g/mol. The zero-order valence-electron chi connectivity index (χ0n) is 18.4. The first kappa shape index (κ1) is 21.5. The molecule has 0 radical (unpaired) electrons. The Morgan fingerprint density at radius 3 is 2.31 bits per heavy atom. The van der Waals surface area contributed by atoms with Crippen LogP contribution in [0.15, 0.2) is 71.7 Å². The molecule has 2 aromatic carbocycles. The first-order valence-electron chi connectivity index (χ1n) is 10.8. The Kier molecular flexibility index (Phi) is 6.16. The maximum Gasteiger partial charge on any atom is 0.275 e. The molecule has 6 nitrogen and oxygen atoms in total. The van der Waals surface area contributed by atoms with E-state index in [0.29, 0.717) is 41.6 Å². The molecule has 2 heterocycles. The van der Waals surface area contributed by atoms with Crippen molar-refractivity contribution in [3.8, 4) is 22.5 Å². The Bertz CT molecular complexity index is 1260. The number of halogens is 1. The normalized spacial score (nSPS) is 12.0. The number of nitrogens with zero attached hydrogens (tertiary/aromatic N) is 4. The van der Waals surface area contributed by atoms with Crippen LogP contribution in [-0.2, 0) is 13.1 Å². The summed E-state index contributed by atoms with van der Waals surface area (Å²) >= 11 is 0. The van der Waals surface area contributed by atoms with E-state index in [1.165, 1.54) is 12.1 Å². The van der Waals surface area contributed by atoms with Gasteiger partial charge in [-0.1, -0.05) is 42.5 Å². The molecule has 4 aromatic rings. The molecule has 32 heavy (non-hydrogen) atoms. The number of rotatable bonds is 7. The molecule has 4 rings (SSSR count). The van der Waals surface area contributed by atoms with Crippen molar-refractivity contribution < 1.29 is 4.39 Å². The Morgan fingerprint density at radius 1 is 0.969 bits per heavy atom. The van der Waals surface area contributed by atoms with Gasteiger partial charge in [0.25, 0.3) is 5.56 Å². The zero-order chi connectivity index (χ0) is 22.7. The van der Waals surface area contributed by atoms with Gasteiger partial charge in [-0.15, -0.1) is 0 Å². The van der Waals surface area contributed by atoms with E-state index in [1.807, 2.05) is 55.8 Å². The summed E-state index contributed by atoms with van der Waals surface area (Å²) in [6.07, 6.45) is 1.69. The number of hydrogen-bond acceptors (Lipinski definition) is 4. The monoisotopic (exact) mass is 431 g/mol. The summed E-state index contributed by atoms with van der Waals surface area (Å²) in [7, 11) is 0. The van der Waals surface area contributed by atoms with Crippen molar-refractivity contribution in [3.05, 3.63) is 88.6 Å². The third-order valence-corrected chi connectivity index (χ3v) is 5.51. The van der Waals surface area contributed by atoms with E-state index in [9.17, 15) is 9.18 Å². The van der Waals surface area contributed by atoms with E-state index in [4.69, 9.17) is 4.98 Å². The molecule has 0 bridgehead atoms. The second kappa shape index (κ2) is 9.18. The molecular formula is C25H26FN5O. The van der Waals surface area contributed by atoms with Crippen molar-refractivity contribution in [1.82, 2.24) is 19.3 Å².